The van der Waals surface area contributed by atoms with Crippen LogP contribution in [0.15, 0.2) is 109 Å². The van der Waals surface area contributed by atoms with Gasteiger partial charge < -0.3 is 55.7 Å². The number of nitrogens with zero attached hydrogens (tertiary/aromatic N) is 2. The Morgan fingerprint density at radius 3 is 1.48 bits per heavy atom. The Bertz CT molecular complexity index is 803. The van der Waals surface area contributed by atoms with Gasteiger partial charge in [0.2, 0.25) is 0 Å². The quantitative estimate of drug-likeness (QED) is 0.192. The van der Waals surface area contributed by atoms with Gasteiger partial charge in [-0.15, -0.1) is 5.56 Å². The molecule has 233 valence electrons. The first-order valence-electron chi connectivity index (χ1n) is 13.5. The van der Waals surface area contributed by atoms with E-state index in [2.05, 4.69) is 69.0 Å². The summed E-state index contributed by atoms with van der Waals surface area (Å²) >= 11 is 0. The number of rotatable bonds is 4. The molecule has 5 N–H and O–H groups in total. The van der Waals surface area contributed by atoms with Gasteiger partial charge in [0.05, 0.1) is 0 Å². The molecule has 5 rings (SSSR count). The molecular formula is C32H47CuFe2N4O-5. The van der Waals surface area contributed by atoms with E-state index in [0.717, 1.165) is 65.4 Å². The molecule has 8 heteroatoms. The first-order chi connectivity index (χ1) is 17.9. The number of hydrogen-bond donors (Lipinski definition) is 2. The van der Waals surface area contributed by atoms with Crippen LogP contribution in [0.4, 0.5) is 0 Å². The van der Waals surface area contributed by atoms with E-state index in [1.54, 1.807) is 0 Å². The molecule has 1 radical (unpaired) electrons. The summed E-state index contributed by atoms with van der Waals surface area (Å²) in [4.78, 5) is 5.16. The predicted octanol–water partition coefficient (Wildman–Crippen LogP) is 4.28. The fourth-order valence-electron chi connectivity index (χ4n) is 4.32. The average Bonchev–Trinajstić information content (AvgIpc) is 3.73. The van der Waals surface area contributed by atoms with Crippen molar-refractivity contribution < 1.29 is 56.7 Å². The van der Waals surface area contributed by atoms with Crippen molar-refractivity contribution in [1.82, 2.24) is 20.4 Å². The summed E-state index contributed by atoms with van der Waals surface area (Å²) in [5, 5.41) is 7.29. The van der Waals surface area contributed by atoms with Gasteiger partial charge in [-0.3, -0.25) is 0 Å². The third-order valence-electron chi connectivity index (χ3n) is 6.25. The van der Waals surface area contributed by atoms with Gasteiger partial charge in [-0.05, 0) is 45.6 Å². The summed E-state index contributed by atoms with van der Waals surface area (Å²) < 4.78 is 0. The van der Waals surface area contributed by atoms with Gasteiger partial charge in [-0.25, -0.2) is 36.4 Å². The Balaban J connectivity index is 0. The number of hydrogen-bond acceptors (Lipinski definition) is 4. The van der Waals surface area contributed by atoms with Gasteiger partial charge in [0.1, 0.15) is 0 Å². The van der Waals surface area contributed by atoms with E-state index in [1.807, 2.05) is 60.7 Å². The van der Waals surface area contributed by atoms with E-state index < -0.39 is 0 Å². The minimum absolute atomic E-state index is 0. The first kappa shape index (κ1) is 40.9. The third kappa shape index (κ3) is 19.8. The van der Waals surface area contributed by atoms with Crippen molar-refractivity contribution in [3.05, 3.63) is 120 Å². The zero-order valence-corrected chi connectivity index (χ0v) is 26.5. The standard InChI is InChI=1S/C22H34N4.2C5H5.Cu.2Fe.H2O/c1-2-8-21(7-1)19-25-15-5-11-24-14-18-26(16-6-12-23-13-17-25)20-22-9-3-4-10-22;2*1-2-4-5-3-1;;;;/h1-4,7-10,23-24H,5-6,11-20H2;2*1-5H;;;;1H2/q-6;2*-1;+2;;;/p+1. The van der Waals surface area contributed by atoms with E-state index in [0.29, 0.717) is 0 Å². The topological polar surface area (TPSA) is 63.5 Å². The van der Waals surface area contributed by atoms with Crippen LogP contribution in [0.25, 0.3) is 0 Å². The summed E-state index contributed by atoms with van der Waals surface area (Å²) in [6.45, 7) is 11.1. The maximum absolute atomic E-state index is 3.64. The molecule has 0 atom stereocenters. The molecule has 0 aliphatic carbocycles. The molecule has 1 heterocycles. The maximum atomic E-state index is 3.64. The fraction of sp³-hybridized carbons (Fsp3) is 0.375. The van der Waals surface area contributed by atoms with Crippen LogP contribution in [-0.2, 0) is 69.8 Å². The van der Waals surface area contributed by atoms with Crippen molar-refractivity contribution >= 4 is 0 Å². The molecule has 0 aromatic heterocycles. The van der Waals surface area contributed by atoms with E-state index in [-0.39, 0.29) is 56.7 Å². The molecule has 5 nitrogen and oxygen atoms in total. The zero-order chi connectivity index (χ0) is 24.9. The van der Waals surface area contributed by atoms with Crippen molar-refractivity contribution in [2.75, 3.05) is 52.4 Å². The first-order valence-corrected chi connectivity index (χ1v) is 13.5. The van der Waals surface area contributed by atoms with Crippen molar-refractivity contribution in [2.24, 2.45) is 0 Å². The molecular weight excluding hydrogens is 632 g/mol. The summed E-state index contributed by atoms with van der Waals surface area (Å²) in [7, 11) is 0. The molecule has 4 aromatic rings. The average molecular weight is 679 g/mol. The maximum Gasteiger partial charge on any atom is 2.00 e. The molecule has 0 unspecified atom stereocenters. The Kier molecular flexibility index (Phi) is 28.5. The largest absolute Gasteiger partial charge is 2.00 e. The smallest absolute Gasteiger partial charge is 0.748 e. The van der Waals surface area contributed by atoms with Gasteiger partial charge in [0, 0.05) is 60.3 Å². The van der Waals surface area contributed by atoms with E-state index in [4.69, 9.17) is 0 Å². The van der Waals surface area contributed by atoms with Gasteiger partial charge >= 0.3 is 17.1 Å². The summed E-state index contributed by atoms with van der Waals surface area (Å²) in [5.74, 6) is 0. The molecule has 0 saturated carbocycles. The van der Waals surface area contributed by atoms with Gasteiger partial charge in [0.25, 0.3) is 0 Å². The van der Waals surface area contributed by atoms with Crippen molar-refractivity contribution in [3.63, 3.8) is 0 Å². The zero-order valence-electron chi connectivity index (χ0n) is 23.4. The molecule has 4 aromatic carbocycles. The Morgan fingerprint density at radius 2 is 1.05 bits per heavy atom. The van der Waals surface area contributed by atoms with E-state index in [9.17, 15) is 0 Å². The van der Waals surface area contributed by atoms with Gasteiger partial charge in [-0.1, -0.05) is 0 Å². The number of nitrogens with one attached hydrogen (secondary N) is 2. The van der Waals surface area contributed by atoms with Crippen LogP contribution in [0.2, 0.25) is 0 Å². The molecule has 0 spiro atoms. The molecule has 1 aliphatic rings. The summed E-state index contributed by atoms with van der Waals surface area (Å²) in [5.41, 5.74) is 2.87. The van der Waals surface area contributed by atoms with Crippen molar-refractivity contribution in [1.29, 1.82) is 0 Å². The van der Waals surface area contributed by atoms with E-state index in [1.165, 1.54) is 24.0 Å². The van der Waals surface area contributed by atoms with Crippen molar-refractivity contribution in [3.8, 4) is 0 Å². The minimum Gasteiger partial charge on any atom is -0.748 e. The van der Waals surface area contributed by atoms with Crippen LogP contribution in [0, 0.1) is 0 Å². The van der Waals surface area contributed by atoms with Crippen LogP contribution >= 0.6 is 0 Å². The van der Waals surface area contributed by atoms with Crippen LogP contribution in [-0.4, -0.2) is 62.2 Å². The van der Waals surface area contributed by atoms with Gasteiger partial charge in [0.15, 0.2) is 0 Å². The summed E-state index contributed by atoms with van der Waals surface area (Å²) in [6, 6.07) is 37.5. The van der Waals surface area contributed by atoms with E-state index >= 15 is 0 Å². The molecule has 0 amide bonds. The van der Waals surface area contributed by atoms with Crippen LogP contribution in [0.3, 0.4) is 0 Å². The molecule has 1 aliphatic heterocycles. The minimum atomic E-state index is 0. The van der Waals surface area contributed by atoms with Crippen LogP contribution in [0.1, 0.15) is 24.0 Å². The molecule has 0 bridgehead atoms. The molecule has 1 saturated heterocycles. The molecule has 1 fully saturated rings. The second kappa shape index (κ2) is 27.9. The molecule has 40 heavy (non-hydrogen) atoms. The SMILES string of the molecule is [Cu+2].[Fe].[Fe].[OH3+].c1cc[c-](CN2CCCNCCN(C[c-]3[cH-][cH-][cH-][cH-]3)CCCNCC2)c1.c1cc[cH-]c1.c1cc[cH-]c1. The fourth-order valence-corrected chi connectivity index (χ4v) is 4.32. The second-order valence-electron chi connectivity index (χ2n) is 9.27. The summed E-state index contributed by atoms with van der Waals surface area (Å²) in [6.07, 6.45) is 2.42. The Labute approximate surface area is 274 Å². The van der Waals surface area contributed by atoms with Crippen LogP contribution in [0.5, 0.6) is 0 Å². The third-order valence-corrected chi connectivity index (χ3v) is 6.25. The van der Waals surface area contributed by atoms with Crippen molar-refractivity contribution in [2.45, 2.75) is 25.9 Å². The monoisotopic (exact) mass is 678 g/mol. The van der Waals surface area contributed by atoms with Crippen LogP contribution < -0.4 is 10.6 Å². The van der Waals surface area contributed by atoms with Gasteiger partial charge in [-0.2, -0.15) is 55.1 Å². The Morgan fingerprint density at radius 1 is 0.600 bits per heavy atom. The predicted molar refractivity (Wildman–Crippen MR) is 159 cm³/mol. The Hall–Kier alpha value is -1.24. The second-order valence-corrected chi connectivity index (χ2v) is 9.27. The normalized spacial score (nSPS) is 15.0.